The summed E-state index contributed by atoms with van der Waals surface area (Å²) in [7, 11) is 0. The lowest BCUT2D eigenvalue weighted by Gasteiger charge is -2.11. The Bertz CT molecular complexity index is 601. The summed E-state index contributed by atoms with van der Waals surface area (Å²) >= 11 is 6.11. The number of rotatable bonds is 6. The minimum atomic E-state index is 0.0943. The highest BCUT2D eigenvalue weighted by atomic mass is 35.5. The number of pyridine rings is 1. The van der Waals surface area contributed by atoms with Crippen molar-refractivity contribution in [1.82, 2.24) is 4.98 Å². The predicted octanol–water partition coefficient (Wildman–Crippen LogP) is 4.06. The second-order valence-corrected chi connectivity index (χ2v) is 4.77. The SMILES string of the molecule is CCCCOC(=N)COc1ccc(Cl)c2cccnc12. The summed E-state index contributed by atoms with van der Waals surface area (Å²) in [4.78, 5) is 4.27. The normalized spacial score (nSPS) is 10.5. The molecule has 1 N–H and O–H groups in total. The fourth-order valence-electron chi connectivity index (χ4n) is 1.75. The van der Waals surface area contributed by atoms with E-state index in [1.807, 2.05) is 12.1 Å². The van der Waals surface area contributed by atoms with Gasteiger partial charge in [0.15, 0.2) is 6.61 Å². The molecule has 0 atom stereocenters. The fourth-order valence-corrected chi connectivity index (χ4v) is 1.97. The Balaban J connectivity index is 2.03. The predicted molar refractivity (Wildman–Crippen MR) is 80.8 cm³/mol. The van der Waals surface area contributed by atoms with E-state index in [-0.39, 0.29) is 12.5 Å². The maximum Gasteiger partial charge on any atom is 0.219 e. The zero-order chi connectivity index (χ0) is 14.4. The largest absolute Gasteiger partial charge is 0.482 e. The molecular weight excluding hydrogens is 276 g/mol. The molecule has 0 bridgehead atoms. The zero-order valence-electron chi connectivity index (χ0n) is 11.4. The van der Waals surface area contributed by atoms with Gasteiger partial charge in [-0.1, -0.05) is 24.9 Å². The van der Waals surface area contributed by atoms with Gasteiger partial charge in [0.2, 0.25) is 5.90 Å². The Labute approximate surface area is 123 Å². The van der Waals surface area contributed by atoms with Gasteiger partial charge in [-0.25, -0.2) is 0 Å². The summed E-state index contributed by atoms with van der Waals surface area (Å²) in [6, 6.07) is 7.24. The number of fused-ring (bicyclic) bond motifs is 1. The van der Waals surface area contributed by atoms with Crippen molar-refractivity contribution in [3.8, 4) is 5.75 Å². The smallest absolute Gasteiger partial charge is 0.219 e. The van der Waals surface area contributed by atoms with E-state index in [9.17, 15) is 0 Å². The van der Waals surface area contributed by atoms with Gasteiger partial charge in [0.25, 0.3) is 0 Å². The highest BCUT2D eigenvalue weighted by Crippen LogP contribution is 2.29. The topological polar surface area (TPSA) is 55.2 Å². The van der Waals surface area contributed by atoms with E-state index in [1.165, 1.54) is 0 Å². The Kier molecular flexibility index (Phi) is 5.18. The minimum Gasteiger partial charge on any atom is -0.482 e. The lowest BCUT2D eigenvalue weighted by Crippen LogP contribution is -2.14. The van der Waals surface area contributed by atoms with Crippen molar-refractivity contribution in [2.45, 2.75) is 19.8 Å². The van der Waals surface area contributed by atoms with E-state index >= 15 is 0 Å². The molecule has 2 rings (SSSR count). The minimum absolute atomic E-state index is 0.0943. The van der Waals surface area contributed by atoms with Crippen LogP contribution >= 0.6 is 11.6 Å². The van der Waals surface area contributed by atoms with Crippen LogP contribution in [0.4, 0.5) is 0 Å². The summed E-state index contributed by atoms with van der Waals surface area (Å²) in [6.07, 6.45) is 3.67. The molecule has 0 aliphatic carbocycles. The van der Waals surface area contributed by atoms with Crippen molar-refractivity contribution in [2.75, 3.05) is 13.2 Å². The lowest BCUT2D eigenvalue weighted by molar-refractivity contribution is 0.255. The van der Waals surface area contributed by atoms with Crippen LogP contribution in [-0.2, 0) is 4.74 Å². The van der Waals surface area contributed by atoms with Gasteiger partial charge in [0, 0.05) is 11.6 Å². The van der Waals surface area contributed by atoms with Crippen LogP contribution in [-0.4, -0.2) is 24.1 Å². The zero-order valence-corrected chi connectivity index (χ0v) is 12.1. The van der Waals surface area contributed by atoms with E-state index in [4.69, 9.17) is 26.5 Å². The second kappa shape index (κ2) is 7.10. The monoisotopic (exact) mass is 292 g/mol. The Morgan fingerprint density at radius 3 is 3.00 bits per heavy atom. The van der Waals surface area contributed by atoms with Crippen LogP contribution in [0.25, 0.3) is 10.9 Å². The number of nitrogens with zero attached hydrogens (tertiary/aromatic N) is 1. The number of nitrogens with one attached hydrogen (secondary N) is 1. The van der Waals surface area contributed by atoms with Crippen molar-refractivity contribution in [3.05, 3.63) is 35.5 Å². The number of hydrogen-bond donors (Lipinski definition) is 1. The Morgan fingerprint density at radius 2 is 2.20 bits per heavy atom. The average molecular weight is 293 g/mol. The van der Waals surface area contributed by atoms with Crippen LogP contribution in [0.15, 0.2) is 30.5 Å². The summed E-state index contributed by atoms with van der Waals surface area (Å²) in [5.74, 6) is 0.728. The van der Waals surface area contributed by atoms with Crippen LogP contribution in [0.1, 0.15) is 19.8 Å². The first kappa shape index (κ1) is 14.6. The summed E-state index contributed by atoms with van der Waals surface area (Å²) in [6.45, 7) is 2.73. The van der Waals surface area contributed by atoms with Gasteiger partial charge in [-0.2, -0.15) is 0 Å². The number of benzene rings is 1. The highest BCUT2D eigenvalue weighted by molar-refractivity contribution is 6.35. The fraction of sp³-hybridized carbons (Fsp3) is 0.333. The molecule has 0 spiro atoms. The first-order valence-corrected chi connectivity index (χ1v) is 6.96. The summed E-state index contributed by atoms with van der Waals surface area (Å²) in [5, 5.41) is 9.15. The molecule has 106 valence electrons. The lowest BCUT2D eigenvalue weighted by atomic mass is 10.2. The number of aromatic nitrogens is 1. The highest BCUT2D eigenvalue weighted by Gasteiger charge is 2.08. The molecule has 1 aromatic heterocycles. The Morgan fingerprint density at radius 1 is 1.35 bits per heavy atom. The molecule has 0 aliphatic heterocycles. The van der Waals surface area contributed by atoms with Gasteiger partial charge < -0.3 is 9.47 Å². The third kappa shape index (κ3) is 3.61. The third-order valence-electron chi connectivity index (χ3n) is 2.81. The molecule has 0 radical (unpaired) electrons. The molecule has 0 unspecified atom stereocenters. The number of hydrogen-bond acceptors (Lipinski definition) is 4. The second-order valence-electron chi connectivity index (χ2n) is 4.36. The summed E-state index contributed by atoms with van der Waals surface area (Å²) in [5.41, 5.74) is 0.696. The van der Waals surface area contributed by atoms with Gasteiger partial charge in [0.1, 0.15) is 11.3 Å². The van der Waals surface area contributed by atoms with Gasteiger partial charge in [-0.3, -0.25) is 10.4 Å². The molecule has 5 heteroatoms. The molecule has 1 heterocycles. The van der Waals surface area contributed by atoms with E-state index < -0.39 is 0 Å². The van der Waals surface area contributed by atoms with Crippen molar-refractivity contribution < 1.29 is 9.47 Å². The van der Waals surface area contributed by atoms with E-state index in [0.717, 1.165) is 18.2 Å². The van der Waals surface area contributed by atoms with Gasteiger partial charge in [-0.15, -0.1) is 0 Å². The van der Waals surface area contributed by atoms with Crippen LogP contribution in [0.3, 0.4) is 0 Å². The molecule has 0 saturated heterocycles. The van der Waals surface area contributed by atoms with Gasteiger partial charge in [-0.05, 0) is 30.7 Å². The van der Waals surface area contributed by atoms with Crippen molar-refractivity contribution in [3.63, 3.8) is 0 Å². The molecule has 1 aromatic carbocycles. The molecule has 4 nitrogen and oxygen atoms in total. The first-order chi connectivity index (χ1) is 9.72. The van der Waals surface area contributed by atoms with Crippen LogP contribution in [0.5, 0.6) is 5.75 Å². The van der Waals surface area contributed by atoms with E-state index in [0.29, 0.717) is 22.9 Å². The standard InChI is InChI=1S/C15H17ClN2O2/c1-2-3-9-19-14(17)10-20-13-7-6-12(16)11-5-4-8-18-15(11)13/h4-8,17H,2-3,9-10H2,1H3. The molecule has 20 heavy (non-hydrogen) atoms. The van der Waals surface area contributed by atoms with E-state index in [2.05, 4.69) is 11.9 Å². The van der Waals surface area contributed by atoms with Crippen LogP contribution in [0.2, 0.25) is 5.02 Å². The molecular formula is C15H17ClN2O2. The number of unbranched alkanes of at least 4 members (excludes halogenated alkanes) is 1. The molecule has 0 aliphatic rings. The molecule has 0 fully saturated rings. The first-order valence-electron chi connectivity index (χ1n) is 6.58. The third-order valence-corrected chi connectivity index (χ3v) is 3.14. The van der Waals surface area contributed by atoms with Crippen LogP contribution < -0.4 is 4.74 Å². The Hall–Kier alpha value is -1.81. The van der Waals surface area contributed by atoms with Crippen LogP contribution in [0, 0.1) is 5.41 Å². The quantitative estimate of drug-likeness (QED) is 0.496. The maximum absolute atomic E-state index is 7.67. The average Bonchev–Trinajstić information content (AvgIpc) is 2.47. The molecule has 0 saturated carbocycles. The van der Waals surface area contributed by atoms with Gasteiger partial charge >= 0.3 is 0 Å². The summed E-state index contributed by atoms with van der Waals surface area (Å²) < 4.78 is 10.8. The van der Waals surface area contributed by atoms with Crippen molar-refractivity contribution in [2.24, 2.45) is 0 Å². The molecule has 0 amide bonds. The van der Waals surface area contributed by atoms with Crippen molar-refractivity contribution >= 4 is 28.4 Å². The van der Waals surface area contributed by atoms with E-state index in [1.54, 1.807) is 18.3 Å². The van der Waals surface area contributed by atoms with Crippen molar-refractivity contribution in [1.29, 1.82) is 5.41 Å². The van der Waals surface area contributed by atoms with Gasteiger partial charge in [0.05, 0.1) is 11.6 Å². The number of halogens is 1. The number of ether oxygens (including phenoxy) is 2. The molecule has 2 aromatic rings. The maximum atomic E-state index is 7.67.